The van der Waals surface area contributed by atoms with Crippen molar-refractivity contribution in [1.29, 1.82) is 0 Å². The van der Waals surface area contributed by atoms with Crippen molar-refractivity contribution in [2.45, 2.75) is 25.5 Å². The quantitative estimate of drug-likeness (QED) is 0.224. The number of hydrogen-bond acceptors (Lipinski definition) is 7. The van der Waals surface area contributed by atoms with Crippen LogP contribution >= 0.6 is 7.82 Å². The minimum Gasteiger partial charge on any atom is -0.382 e. The SMILES string of the molecule is COC(C)CCOCC(COP(=O)(O)OCCN)NC=O. The van der Waals surface area contributed by atoms with E-state index in [0.717, 1.165) is 0 Å². The Hall–Kier alpha value is -0.540. The Bertz CT molecular complexity index is 319. The summed E-state index contributed by atoms with van der Waals surface area (Å²) in [6, 6.07) is -0.553. The number of carbonyl (C=O) groups excluding carboxylic acids is 1. The van der Waals surface area contributed by atoms with Crippen molar-refractivity contribution in [2.75, 3.05) is 40.1 Å². The molecule has 0 saturated carbocycles. The van der Waals surface area contributed by atoms with E-state index in [1.54, 1.807) is 7.11 Å². The molecule has 9 nitrogen and oxygen atoms in total. The fourth-order valence-electron chi connectivity index (χ4n) is 1.22. The van der Waals surface area contributed by atoms with E-state index in [1.165, 1.54) is 0 Å². The standard InChI is InChI=1S/C11H25N2O7P/c1-10(17-2)3-5-18-7-11(13-9-14)8-20-21(15,16)19-6-4-12/h9-11H,3-8,12H2,1-2H3,(H,13,14)(H,15,16). The average molecular weight is 328 g/mol. The normalized spacial score (nSPS) is 17.0. The summed E-state index contributed by atoms with van der Waals surface area (Å²) >= 11 is 0. The third-order valence-corrected chi connectivity index (χ3v) is 3.49. The largest absolute Gasteiger partial charge is 0.472 e. The smallest absolute Gasteiger partial charge is 0.382 e. The molecule has 3 unspecified atom stereocenters. The summed E-state index contributed by atoms with van der Waals surface area (Å²) in [5.74, 6) is 0. The number of phosphoric ester groups is 1. The first-order chi connectivity index (χ1) is 9.95. The molecule has 0 aromatic carbocycles. The zero-order valence-electron chi connectivity index (χ0n) is 12.4. The van der Waals surface area contributed by atoms with E-state index in [1.807, 2.05) is 6.92 Å². The van der Waals surface area contributed by atoms with Crippen LogP contribution in [-0.2, 0) is 27.9 Å². The van der Waals surface area contributed by atoms with Crippen molar-refractivity contribution in [1.82, 2.24) is 5.32 Å². The maximum absolute atomic E-state index is 11.4. The molecule has 3 atom stereocenters. The number of carbonyl (C=O) groups is 1. The Kier molecular flexibility index (Phi) is 11.7. The number of rotatable bonds is 14. The summed E-state index contributed by atoms with van der Waals surface area (Å²) in [4.78, 5) is 19.8. The van der Waals surface area contributed by atoms with Gasteiger partial charge in [-0.2, -0.15) is 0 Å². The van der Waals surface area contributed by atoms with Gasteiger partial charge in [-0.15, -0.1) is 0 Å². The van der Waals surface area contributed by atoms with Gasteiger partial charge in [0.1, 0.15) is 0 Å². The summed E-state index contributed by atoms with van der Waals surface area (Å²) < 4.78 is 31.2. The van der Waals surface area contributed by atoms with Crippen molar-refractivity contribution < 1.29 is 32.8 Å². The van der Waals surface area contributed by atoms with Crippen LogP contribution in [0.2, 0.25) is 0 Å². The Morgan fingerprint density at radius 1 is 1.33 bits per heavy atom. The first kappa shape index (κ1) is 20.5. The molecule has 0 radical (unpaired) electrons. The van der Waals surface area contributed by atoms with Gasteiger partial charge < -0.3 is 25.4 Å². The van der Waals surface area contributed by atoms with Gasteiger partial charge in [0.2, 0.25) is 6.41 Å². The minimum absolute atomic E-state index is 0.0704. The molecular weight excluding hydrogens is 303 g/mol. The molecule has 0 bridgehead atoms. The van der Waals surface area contributed by atoms with Crippen molar-refractivity contribution in [2.24, 2.45) is 5.73 Å². The number of phosphoric acid groups is 1. The molecule has 0 rings (SSSR count). The molecule has 0 aliphatic carbocycles. The number of hydrogen-bond donors (Lipinski definition) is 3. The van der Waals surface area contributed by atoms with Crippen molar-refractivity contribution in [3.8, 4) is 0 Å². The van der Waals surface area contributed by atoms with E-state index < -0.39 is 13.9 Å². The Balaban J connectivity index is 4.01. The van der Waals surface area contributed by atoms with Crippen molar-refractivity contribution in [3.05, 3.63) is 0 Å². The van der Waals surface area contributed by atoms with E-state index in [4.69, 9.17) is 19.7 Å². The summed E-state index contributed by atoms with van der Waals surface area (Å²) in [6.07, 6.45) is 1.24. The molecule has 0 aliphatic rings. The molecule has 0 saturated heterocycles. The van der Waals surface area contributed by atoms with Crippen LogP contribution in [0.15, 0.2) is 0 Å². The fourth-order valence-corrected chi connectivity index (χ4v) is 2.00. The predicted octanol–water partition coefficient (Wildman–Crippen LogP) is -0.365. The molecule has 4 N–H and O–H groups in total. The summed E-state index contributed by atoms with van der Waals surface area (Å²) in [6.45, 7) is 2.29. The minimum atomic E-state index is -4.16. The van der Waals surface area contributed by atoms with Crippen LogP contribution in [0.4, 0.5) is 0 Å². The number of ether oxygens (including phenoxy) is 2. The molecule has 0 aromatic rings. The molecule has 10 heteroatoms. The van der Waals surface area contributed by atoms with Gasteiger partial charge in [-0.1, -0.05) is 0 Å². The molecule has 1 amide bonds. The Morgan fingerprint density at radius 3 is 2.62 bits per heavy atom. The Morgan fingerprint density at radius 2 is 2.05 bits per heavy atom. The van der Waals surface area contributed by atoms with Crippen LogP contribution in [0, 0.1) is 0 Å². The predicted molar refractivity (Wildman–Crippen MR) is 75.7 cm³/mol. The van der Waals surface area contributed by atoms with E-state index in [0.29, 0.717) is 19.4 Å². The molecule has 0 heterocycles. The van der Waals surface area contributed by atoms with Gasteiger partial charge >= 0.3 is 7.82 Å². The van der Waals surface area contributed by atoms with Gasteiger partial charge in [0.15, 0.2) is 0 Å². The van der Waals surface area contributed by atoms with Crippen molar-refractivity contribution >= 4 is 14.2 Å². The van der Waals surface area contributed by atoms with E-state index in [2.05, 4.69) is 9.84 Å². The zero-order valence-corrected chi connectivity index (χ0v) is 13.3. The molecule has 0 fully saturated rings. The van der Waals surface area contributed by atoms with Crippen molar-refractivity contribution in [3.63, 3.8) is 0 Å². The first-order valence-corrected chi connectivity index (χ1v) is 8.07. The highest BCUT2D eigenvalue weighted by molar-refractivity contribution is 7.47. The van der Waals surface area contributed by atoms with Gasteiger partial charge in [-0.3, -0.25) is 13.8 Å². The highest BCUT2D eigenvalue weighted by Crippen LogP contribution is 2.42. The second kappa shape index (κ2) is 12.0. The molecule has 0 aromatic heterocycles. The average Bonchev–Trinajstić information content (AvgIpc) is 2.46. The maximum Gasteiger partial charge on any atom is 0.472 e. The van der Waals surface area contributed by atoms with Crippen LogP contribution in [0.1, 0.15) is 13.3 Å². The lowest BCUT2D eigenvalue weighted by atomic mass is 10.3. The first-order valence-electron chi connectivity index (χ1n) is 6.57. The molecule has 0 spiro atoms. The summed E-state index contributed by atoms with van der Waals surface area (Å²) in [7, 11) is -2.55. The summed E-state index contributed by atoms with van der Waals surface area (Å²) in [5.41, 5.74) is 5.15. The zero-order chi connectivity index (χ0) is 16.1. The van der Waals surface area contributed by atoms with Gasteiger partial charge in [0, 0.05) is 20.3 Å². The van der Waals surface area contributed by atoms with E-state index >= 15 is 0 Å². The molecular formula is C11H25N2O7P. The highest BCUT2D eigenvalue weighted by atomic mass is 31.2. The second-order valence-electron chi connectivity index (χ2n) is 4.28. The Labute approximate surface area is 124 Å². The monoisotopic (exact) mass is 328 g/mol. The third-order valence-electron chi connectivity index (χ3n) is 2.51. The highest BCUT2D eigenvalue weighted by Gasteiger charge is 2.22. The molecule has 126 valence electrons. The fraction of sp³-hybridized carbons (Fsp3) is 0.909. The van der Waals surface area contributed by atoms with Gasteiger partial charge in [0.05, 0.1) is 32.0 Å². The van der Waals surface area contributed by atoms with Crippen LogP contribution < -0.4 is 11.1 Å². The number of methoxy groups -OCH3 is 1. The lowest BCUT2D eigenvalue weighted by Crippen LogP contribution is -2.36. The molecule has 21 heavy (non-hydrogen) atoms. The number of nitrogens with two attached hydrogens (primary N) is 1. The van der Waals surface area contributed by atoms with Gasteiger partial charge in [-0.25, -0.2) is 4.57 Å². The van der Waals surface area contributed by atoms with E-state index in [-0.39, 0.29) is 32.5 Å². The van der Waals surface area contributed by atoms with Crippen LogP contribution in [0.3, 0.4) is 0 Å². The van der Waals surface area contributed by atoms with Crippen LogP contribution in [-0.4, -0.2) is 63.5 Å². The summed E-state index contributed by atoms with van der Waals surface area (Å²) in [5, 5.41) is 2.44. The van der Waals surface area contributed by atoms with Gasteiger partial charge in [-0.05, 0) is 13.3 Å². The van der Waals surface area contributed by atoms with Crippen LogP contribution in [0.25, 0.3) is 0 Å². The van der Waals surface area contributed by atoms with Gasteiger partial charge in [0.25, 0.3) is 0 Å². The third kappa shape index (κ3) is 11.8. The van der Waals surface area contributed by atoms with Crippen LogP contribution in [0.5, 0.6) is 0 Å². The second-order valence-corrected chi connectivity index (χ2v) is 5.73. The maximum atomic E-state index is 11.4. The topological polar surface area (TPSA) is 129 Å². The number of nitrogens with one attached hydrogen (secondary N) is 1. The molecule has 0 aliphatic heterocycles. The lowest BCUT2D eigenvalue weighted by molar-refractivity contribution is -0.111. The number of amides is 1. The lowest BCUT2D eigenvalue weighted by Gasteiger charge is -2.19. The van der Waals surface area contributed by atoms with E-state index in [9.17, 15) is 14.3 Å².